The van der Waals surface area contributed by atoms with Gasteiger partial charge in [-0.15, -0.1) is 11.3 Å². The molecule has 27 heavy (non-hydrogen) atoms. The second kappa shape index (κ2) is 8.74. The van der Waals surface area contributed by atoms with Crippen molar-refractivity contribution in [2.75, 3.05) is 18.5 Å². The molecule has 3 aromatic heterocycles. The molecule has 0 aromatic carbocycles. The van der Waals surface area contributed by atoms with Crippen LogP contribution in [0, 0.1) is 0 Å². The maximum absolute atomic E-state index is 12.1. The number of hydrogen-bond donors (Lipinski definition) is 2. The summed E-state index contributed by atoms with van der Waals surface area (Å²) in [6, 6.07) is 7.09. The number of amides is 1. The van der Waals surface area contributed by atoms with E-state index in [1.165, 1.54) is 22.1 Å². The number of aryl methyl sites for hydroxylation is 1. The predicted octanol–water partition coefficient (Wildman–Crippen LogP) is 2.61. The van der Waals surface area contributed by atoms with Crippen molar-refractivity contribution < 1.29 is 9.53 Å². The molecule has 3 rings (SSSR count). The largest absolute Gasteiger partial charge is 0.372 e. The molecule has 0 aliphatic rings. The second-order valence-electron chi connectivity index (χ2n) is 5.80. The van der Waals surface area contributed by atoms with Crippen LogP contribution in [0.5, 0.6) is 0 Å². The average Bonchev–Trinajstić information content (AvgIpc) is 3.29. The van der Waals surface area contributed by atoms with Crippen LogP contribution in [0.15, 0.2) is 34.4 Å². The second-order valence-corrected chi connectivity index (χ2v) is 6.75. The van der Waals surface area contributed by atoms with E-state index < -0.39 is 0 Å². The predicted molar refractivity (Wildman–Crippen MR) is 104 cm³/mol. The number of anilines is 1. The molecule has 142 valence electrons. The molecule has 0 aliphatic carbocycles. The van der Waals surface area contributed by atoms with E-state index in [1.54, 1.807) is 6.07 Å². The molecule has 0 bridgehead atoms. The van der Waals surface area contributed by atoms with Crippen LogP contribution in [-0.2, 0) is 16.0 Å². The summed E-state index contributed by atoms with van der Waals surface area (Å²) in [5.41, 5.74) is 1.10. The van der Waals surface area contributed by atoms with E-state index in [9.17, 15) is 9.59 Å². The fraction of sp³-hybridized carbons (Fsp3) is 0.333. The summed E-state index contributed by atoms with van der Waals surface area (Å²) in [5.74, 6) is 0.378. The Bertz CT molecular complexity index is 962. The van der Waals surface area contributed by atoms with Crippen molar-refractivity contribution in [1.82, 2.24) is 19.7 Å². The molecule has 3 aromatic rings. The first-order chi connectivity index (χ1) is 13.1. The van der Waals surface area contributed by atoms with E-state index in [0.717, 1.165) is 11.3 Å². The maximum atomic E-state index is 12.1. The summed E-state index contributed by atoms with van der Waals surface area (Å²) >= 11 is 1.53. The highest BCUT2D eigenvalue weighted by molar-refractivity contribution is 7.13. The molecule has 0 atom stereocenters. The van der Waals surface area contributed by atoms with Gasteiger partial charge in [0.2, 0.25) is 5.95 Å². The Hall–Kier alpha value is -2.78. The third kappa shape index (κ3) is 4.69. The molecular weight excluding hydrogens is 366 g/mol. The SMILES string of the molecule is CCCc1cc(=O)[nH]c(-n2nc(-c3cccs3)cc2NC(=O)COCC)n1. The Morgan fingerprint density at radius 3 is 2.93 bits per heavy atom. The summed E-state index contributed by atoms with van der Waals surface area (Å²) in [7, 11) is 0. The van der Waals surface area contributed by atoms with E-state index >= 15 is 0 Å². The van der Waals surface area contributed by atoms with Crippen LogP contribution >= 0.6 is 11.3 Å². The van der Waals surface area contributed by atoms with Crippen molar-refractivity contribution in [2.24, 2.45) is 0 Å². The van der Waals surface area contributed by atoms with Crippen LogP contribution in [-0.4, -0.2) is 38.9 Å². The monoisotopic (exact) mass is 387 g/mol. The zero-order chi connectivity index (χ0) is 19.2. The summed E-state index contributed by atoms with van der Waals surface area (Å²) in [6.07, 6.45) is 1.55. The summed E-state index contributed by atoms with van der Waals surface area (Å²) in [6.45, 7) is 4.22. The number of nitrogens with zero attached hydrogens (tertiary/aromatic N) is 3. The van der Waals surface area contributed by atoms with Crippen molar-refractivity contribution in [3.05, 3.63) is 45.7 Å². The highest BCUT2D eigenvalue weighted by Gasteiger charge is 2.16. The molecule has 0 saturated carbocycles. The van der Waals surface area contributed by atoms with Crippen LogP contribution in [0.4, 0.5) is 5.82 Å². The number of carbonyl (C=O) groups is 1. The van der Waals surface area contributed by atoms with Gasteiger partial charge < -0.3 is 10.1 Å². The number of aromatic amines is 1. The molecule has 0 spiro atoms. The summed E-state index contributed by atoms with van der Waals surface area (Å²) in [5, 5.41) is 9.26. The zero-order valence-electron chi connectivity index (χ0n) is 15.2. The number of aromatic nitrogens is 4. The number of ether oxygens (including phenoxy) is 1. The van der Waals surface area contributed by atoms with Gasteiger partial charge in [-0.05, 0) is 24.8 Å². The van der Waals surface area contributed by atoms with Crippen LogP contribution in [0.2, 0.25) is 0 Å². The molecule has 9 heteroatoms. The van der Waals surface area contributed by atoms with Gasteiger partial charge in [-0.25, -0.2) is 4.98 Å². The van der Waals surface area contributed by atoms with Gasteiger partial charge in [0, 0.05) is 24.4 Å². The smallest absolute Gasteiger partial charge is 0.252 e. The fourth-order valence-electron chi connectivity index (χ4n) is 2.53. The number of thiophene rings is 1. The molecule has 0 unspecified atom stereocenters. The summed E-state index contributed by atoms with van der Waals surface area (Å²) < 4.78 is 6.59. The van der Waals surface area contributed by atoms with Crippen molar-refractivity contribution in [2.45, 2.75) is 26.7 Å². The van der Waals surface area contributed by atoms with E-state index in [1.807, 2.05) is 31.4 Å². The summed E-state index contributed by atoms with van der Waals surface area (Å²) in [4.78, 5) is 32.3. The number of H-pyrrole nitrogens is 1. The molecule has 8 nitrogen and oxygen atoms in total. The quantitative estimate of drug-likeness (QED) is 0.619. The van der Waals surface area contributed by atoms with Gasteiger partial charge in [-0.3, -0.25) is 14.6 Å². The van der Waals surface area contributed by atoms with Crippen molar-refractivity contribution in [3.63, 3.8) is 0 Å². The topological polar surface area (TPSA) is 102 Å². The lowest BCUT2D eigenvalue weighted by Crippen LogP contribution is -2.22. The molecule has 0 saturated heterocycles. The number of rotatable bonds is 8. The molecule has 0 radical (unpaired) electrons. The molecular formula is C18H21N5O3S. The van der Waals surface area contributed by atoms with Gasteiger partial charge >= 0.3 is 0 Å². The van der Waals surface area contributed by atoms with Gasteiger partial charge in [0.15, 0.2) is 0 Å². The van der Waals surface area contributed by atoms with E-state index in [0.29, 0.717) is 30.2 Å². The fourth-order valence-corrected chi connectivity index (χ4v) is 3.21. The molecule has 2 N–H and O–H groups in total. The zero-order valence-corrected chi connectivity index (χ0v) is 16.0. The average molecular weight is 387 g/mol. The Balaban J connectivity index is 2.02. The Labute approximate surface area is 160 Å². The van der Waals surface area contributed by atoms with E-state index in [2.05, 4.69) is 20.4 Å². The van der Waals surface area contributed by atoms with Gasteiger partial charge in [0.1, 0.15) is 18.1 Å². The minimum absolute atomic E-state index is 0.0597. The van der Waals surface area contributed by atoms with Crippen LogP contribution < -0.4 is 10.9 Å². The minimum atomic E-state index is -0.303. The van der Waals surface area contributed by atoms with Gasteiger partial charge in [0.05, 0.1) is 4.88 Å². The minimum Gasteiger partial charge on any atom is -0.372 e. The third-order valence-electron chi connectivity index (χ3n) is 3.68. The van der Waals surface area contributed by atoms with Crippen molar-refractivity contribution in [1.29, 1.82) is 0 Å². The molecule has 3 heterocycles. The lowest BCUT2D eigenvalue weighted by molar-refractivity contribution is -0.120. The van der Waals surface area contributed by atoms with Crippen molar-refractivity contribution >= 4 is 23.1 Å². The Morgan fingerprint density at radius 1 is 1.37 bits per heavy atom. The first-order valence-corrected chi connectivity index (χ1v) is 9.60. The highest BCUT2D eigenvalue weighted by atomic mass is 32.1. The van der Waals surface area contributed by atoms with E-state index in [4.69, 9.17) is 4.74 Å². The highest BCUT2D eigenvalue weighted by Crippen LogP contribution is 2.27. The number of carbonyl (C=O) groups excluding carboxylic acids is 1. The van der Waals surface area contributed by atoms with Crippen LogP contribution in [0.25, 0.3) is 16.5 Å². The van der Waals surface area contributed by atoms with E-state index in [-0.39, 0.29) is 24.0 Å². The maximum Gasteiger partial charge on any atom is 0.252 e. The van der Waals surface area contributed by atoms with Crippen molar-refractivity contribution in [3.8, 4) is 16.5 Å². The number of hydrogen-bond acceptors (Lipinski definition) is 6. The van der Waals surface area contributed by atoms with Gasteiger partial charge in [-0.2, -0.15) is 9.78 Å². The van der Waals surface area contributed by atoms with Crippen LogP contribution in [0.3, 0.4) is 0 Å². The first-order valence-electron chi connectivity index (χ1n) is 8.72. The van der Waals surface area contributed by atoms with Gasteiger partial charge in [0.25, 0.3) is 11.5 Å². The Morgan fingerprint density at radius 2 is 2.22 bits per heavy atom. The lowest BCUT2D eigenvalue weighted by atomic mass is 10.2. The Kier molecular flexibility index (Phi) is 6.15. The lowest BCUT2D eigenvalue weighted by Gasteiger charge is -2.09. The number of nitrogens with one attached hydrogen (secondary N) is 2. The molecule has 0 fully saturated rings. The molecule has 0 aliphatic heterocycles. The third-order valence-corrected chi connectivity index (χ3v) is 4.57. The molecule has 1 amide bonds. The van der Waals surface area contributed by atoms with Crippen LogP contribution in [0.1, 0.15) is 26.0 Å². The first kappa shape index (κ1) is 19.0. The van der Waals surface area contributed by atoms with Gasteiger partial charge in [-0.1, -0.05) is 19.4 Å². The standard InChI is InChI=1S/C18H21N5O3S/c1-3-6-12-9-16(24)21-18(19-12)23-15(20-17(25)11-26-4-2)10-13(22-23)14-7-5-8-27-14/h5,7-10H,3-4,6,11H2,1-2H3,(H,20,25)(H,19,21,24). The normalized spacial score (nSPS) is 10.9.